The normalized spacial score (nSPS) is 18.9. The standard InChI is InChI=1S/C25H21O.C8H12.Rh/c1-19-17-21(20-11-5-2-6-12-20)18-24(19)25(26,22-13-7-3-8-14-22)23-15-9-4-10-16-23;1-2-4-6-8-7-5-3-1;/h2-18,26H,1H3;1-2,7-8H,3-6H2;/b;2-1-,8-7-;. The number of hydrogen-bond acceptors (Lipinski definition) is 1. The maximum Gasteiger partial charge on any atom is 0.122 e. The maximum absolute atomic E-state index is 12.0. The van der Waals surface area contributed by atoms with E-state index in [1.54, 1.807) is 0 Å². The van der Waals surface area contributed by atoms with Gasteiger partial charge >= 0.3 is 0 Å². The van der Waals surface area contributed by atoms with Crippen molar-refractivity contribution in [2.45, 2.75) is 38.2 Å². The second-order valence-corrected chi connectivity index (χ2v) is 8.75. The Labute approximate surface area is 224 Å². The van der Waals surface area contributed by atoms with Crippen LogP contribution in [0.4, 0.5) is 0 Å². The molecule has 0 aromatic heterocycles. The van der Waals surface area contributed by atoms with Crippen molar-refractivity contribution in [3.05, 3.63) is 163 Å². The van der Waals surface area contributed by atoms with E-state index in [0.717, 1.165) is 34.4 Å². The first-order valence-electron chi connectivity index (χ1n) is 12.2. The van der Waals surface area contributed by atoms with Gasteiger partial charge in [0.25, 0.3) is 0 Å². The quantitative estimate of drug-likeness (QED) is 0.261. The predicted molar refractivity (Wildman–Crippen MR) is 142 cm³/mol. The topological polar surface area (TPSA) is 20.2 Å². The minimum absolute atomic E-state index is 0. The molecule has 0 atom stereocenters. The molecule has 180 valence electrons. The molecule has 5 rings (SSSR count). The van der Waals surface area contributed by atoms with E-state index in [4.69, 9.17) is 0 Å². The van der Waals surface area contributed by atoms with Gasteiger partial charge in [0.2, 0.25) is 0 Å². The first-order valence-corrected chi connectivity index (χ1v) is 12.2. The summed E-state index contributed by atoms with van der Waals surface area (Å²) in [5.74, 6) is 3.14. The third-order valence-electron chi connectivity index (χ3n) is 6.31. The average Bonchev–Trinajstić information content (AvgIpc) is 3.27. The van der Waals surface area contributed by atoms with E-state index in [9.17, 15) is 5.11 Å². The van der Waals surface area contributed by atoms with Gasteiger partial charge in [-0.3, -0.25) is 0 Å². The molecule has 0 unspecified atom stereocenters. The molecule has 2 aliphatic rings. The van der Waals surface area contributed by atoms with E-state index in [1.165, 1.54) is 25.7 Å². The fourth-order valence-electron chi connectivity index (χ4n) is 4.50. The molecular formula is C33H33ORh. The summed E-state index contributed by atoms with van der Waals surface area (Å²) < 4.78 is 0. The molecule has 1 fully saturated rings. The zero-order valence-electron chi connectivity index (χ0n) is 20.2. The molecule has 1 saturated carbocycles. The third kappa shape index (κ3) is 6.90. The van der Waals surface area contributed by atoms with Crippen LogP contribution >= 0.6 is 0 Å². The molecule has 0 saturated heterocycles. The van der Waals surface area contributed by atoms with Crippen LogP contribution in [0.15, 0.2) is 115 Å². The summed E-state index contributed by atoms with van der Waals surface area (Å²) in [5, 5.41) is 12.0. The van der Waals surface area contributed by atoms with Crippen molar-refractivity contribution < 1.29 is 24.6 Å². The van der Waals surface area contributed by atoms with Gasteiger partial charge in [-0.2, -0.15) is 0 Å². The second-order valence-electron chi connectivity index (χ2n) is 8.75. The van der Waals surface area contributed by atoms with Crippen LogP contribution in [-0.2, 0) is 25.1 Å². The van der Waals surface area contributed by atoms with Gasteiger partial charge in [0.05, 0.1) is 0 Å². The molecule has 0 amide bonds. The fourth-order valence-corrected chi connectivity index (χ4v) is 4.50. The minimum atomic E-state index is -1.18. The Balaban J connectivity index is 0.000000325. The Kier molecular flexibility index (Phi) is 10.7. The Morgan fingerprint density at radius 3 is 1.40 bits per heavy atom. The molecule has 3 aromatic rings. The van der Waals surface area contributed by atoms with E-state index in [1.807, 2.05) is 78.9 Å². The summed E-state index contributed by atoms with van der Waals surface area (Å²) in [5.41, 5.74) is 1.73. The first-order chi connectivity index (χ1) is 16.7. The van der Waals surface area contributed by atoms with Crippen LogP contribution in [0.5, 0.6) is 0 Å². The van der Waals surface area contributed by atoms with E-state index in [2.05, 4.69) is 56.2 Å². The van der Waals surface area contributed by atoms with Crippen molar-refractivity contribution >= 4 is 0 Å². The van der Waals surface area contributed by atoms with Crippen molar-refractivity contribution in [2.24, 2.45) is 0 Å². The number of allylic oxidation sites excluding steroid dienone is 4. The summed E-state index contributed by atoms with van der Waals surface area (Å²) in [6.07, 6.45) is 18.3. The van der Waals surface area contributed by atoms with Crippen LogP contribution in [0.3, 0.4) is 0 Å². The van der Waals surface area contributed by atoms with Gasteiger partial charge in [0.15, 0.2) is 0 Å². The Hall–Kier alpha value is -2.28. The van der Waals surface area contributed by atoms with Crippen molar-refractivity contribution in [3.8, 4) is 0 Å². The van der Waals surface area contributed by atoms with Gasteiger partial charge in [-0.1, -0.05) is 122 Å². The van der Waals surface area contributed by atoms with Gasteiger partial charge in [-0.25, -0.2) is 0 Å². The van der Waals surface area contributed by atoms with E-state index in [-0.39, 0.29) is 19.5 Å². The third-order valence-corrected chi connectivity index (χ3v) is 6.31. The zero-order valence-corrected chi connectivity index (χ0v) is 21.9. The Morgan fingerprint density at radius 2 is 0.971 bits per heavy atom. The second kappa shape index (κ2) is 13.7. The van der Waals surface area contributed by atoms with Crippen molar-refractivity contribution in [1.82, 2.24) is 0 Å². The summed E-state index contributed by atoms with van der Waals surface area (Å²) in [7, 11) is 0. The van der Waals surface area contributed by atoms with Crippen LogP contribution in [-0.4, -0.2) is 5.11 Å². The average molecular weight is 549 g/mol. The monoisotopic (exact) mass is 548 g/mol. The molecule has 35 heavy (non-hydrogen) atoms. The summed E-state index contributed by atoms with van der Waals surface area (Å²) in [6, 6.07) is 30.1. The van der Waals surface area contributed by atoms with Crippen molar-refractivity contribution in [1.29, 1.82) is 0 Å². The zero-order chi connectivity index (χ0) is 23.6. The number of aliphatic hydroxyl groups is 1. The smallest absolute Gasteiger partial charge is 0.122 e. The maximum atomic E-state index is 12.0. The molecule has 3 aromatic carbocycles. The molecule has 6 radical (unpaired) electrons. The van der Waals surface area contributed by atoms with E-state index < -0.39 is 5.60 Å². The van der Waals surface area contributed by atoms with E-state index >= 15 is 0 Å². The molecule has 0 aliphatic heterocycles. The Morgan fingerprint density at radius 1 is 0.571 bits per heavy atom. The SMILES string of the molecule is C1=C\CC/C=C\CC/1.C[C]1[CH][C](c2ccccc2)[CH][C]1C(O)(c1ccccc1)c1ccccc1.[Rh]. The molecule has 2 heteroatoms. The van der Waals surface area contributed by atoms with Crippen molar-refractivity contribution in [2.75, 3.05) is 0 Å². The minimum Gasteiger partial charge on any atom is -0.380 e. The van der Waals surface area contributed by atoms with Gasteiger partial charge in [-0.05, 0) is 61.1 Å². The number of rotatable bonds is 4. The predicted octanol–water partition coefficient (Wildman–Crippen LogP) is 7.81. The van der Waals surface area contributed by atoms with Gasteiger partial charge in [0, 0.05) is 31.3 Å². The first kappa shape index (κ1) is 27.3. The van der Waals surface area contributed by atoms with Crippen LogP contribution in [0, 0.1) is 30.6 Å². The molecule has 1 nitrogen and oxygen atoms in total. The van der Waals surface area contributed by atoms with Gasteiger partial charge < -0.3 is 5.11 Å². The van der Waals surface area contributed by atoms with Crippen molar-refractivity contribution in [3.63, 3.8) is 0 Å². The molecule has 0 bridgehead atoms. The Bertz CT molecular complexity index is 977. The van der Waals surface area contributed by atoms with Gasteiger partial charge in [0.1, 0.15) is 5.60 Å². The summed E-state index contributed by atoms with van der Waals surface area (Å²) in [6.45, 7) is 2.07. The summed E-state index contributed by atoms with van der Waals surface area (Å²) >= 11 is 0. The van der Waals surface area contributed by atoms with Gasteiger partial charge in [-0.15, -0.1) is 0 Å². The summed E-state index contributed by atoms with van der Waals surface area (Å²) in [4.78, 5) is 0. The van der Waals surface area contributed by atoms with Crippen LogP contribution in [0.25, 0.3) is 0 Å². The fraction of sp³-hybridized carbons (Fsp3) is 0.182. The molecule has 1 N–H and O–H groups in total. The van der Waals surface area contributed by atoms with Crippen LogP contribution in [0.1, 0.15) is 49.3 Å². The number of benzene rings is 3. The largest absolute Gasteiger partial charge is 0.380 e. The molecular weight excluding hydrogens is 515 g/mol. The molecule has 0 heterocycles. The van der Waals surface area contributed by atoms with Crippen LogP contribution in [0.2, 0.25) is 0 Å². The molecule has 2 aliphatic carbocycles. The molecule has 0 spiro atoms. The van der Waals surface area contributed by atoms with E-state index in [0.29, 0.717) is 0 Å². The number of hydrogen-bond donors (Lipinski definition) is 1. The van der Waals surface area contributed by atoms with Crippen LogP contribution < -0.4 is 0 Å².